The van der Waals surface area contributed by atoms with Crippen LogP contribution in [0.3, 0.4) is 0 Å². The van der Waals surface area contributed by atoms with Gasteiger partial charge >= 0.3 is 0 Å². The van der Waals surface area contributed by atoms with Crippen molar-refractivity contribution in [1.82, 2.24) is 0 Å². The third kappa shape index (κ3) is 10.7. The van der Waals surface area contributed by atoms with Gasteiger partial charge in [0.15, 0.2) is 24.8 Å². The molecule has 2 aromatic rings. The lowest BCUT2D eigenvalue weighted by atomic mass is 10.5. The summed E-state index contributed by atoms with van der Waals surface area (Å²) < 4.78 is 4.25. The van der Waals surface area contributed by atoms with Gasteiger partial charge in [0.1, 0.15) is 13.1 Å². The summed E-state index contributed by atoms with van der Waals surface area (Å²) in [6.45, 7) is 6.36. The van der Waals surface area contributed by atoms with E-state index >= 15 is 0 Å². The zero-order chi connectivity index (χ0) is 15.2. The summed E-state index contributed by atoms with van der Waals surface area (Å²) in [6.07, 6.45) is 5.89. The van der Waals surface area contributed by atoms with Crippen molar-refractivity contribution >= 4 is 6.16 Å². The second kappa shape index (κ2) is 11.6. The number of hydrogen-bond donors (Lipinski definition) is 0. The molecule has 0 N–H and O–H groups in total. The number of pyridine rings is 2. The minimum Gasteiger partial charge on any atom is -0.652 e. The summed E-state index contributed by atoms with van der Waals surface area (Å²) in [5.74, 6) is 0. The summed E-state index contributed by atoms with van der Waals surface area (Å²) in [7, 11) is 0. The van der Waals surface area contributed by atoms with Gasteiger partial charge in [-0.3, -0.25) is 0 Å². The molecule has 0 saturated carbocycles. The van der Waals surface area contributed by atoms with Crippen LogP contribution in [-0.2, 0) is 13.1 Å². The Morgan fingerprint density at radius 3 is 1.15 bits per heavy atom. The molecular formula is C15H20N2O3. The van der Waals surface area contributed by atoms with E-state index in [1.54, 1.807) is 0 Å². The largest absolute Gasteiger partial charge is 0.652 e. The molecule has 0 fully saturated rings. The van der Waals surface area contributed by atoms with Crippen LogP contribution in [0, 0.1) is 0 Å². The van der Waals surface area contributed by atoms with Gasteiger partial charge in [-0.1, -0.05) is 12.1 Å². The van der Waals surface area contributed by atoms with E-state index in [4.69, 9.17) is 15.0 Å². The number of carboxylic acid groups (broad SMARTS) is 2. The summed E-state index contributed by atoms with van der Waals surface area (Å²) in [6, 6.07) is 12.2. The van der Waals surface area contributed by atoms with Gasteiger partial charge in [-0.25, -0.2) is 9.13 Å². The van der Waals surface area contributed by atoms with E-state index < -0.39 is 6.16 Å². The highest BCUT2D eigenvalue weighted by molar-refractivity contribution is 5.47. The second-order valence-electron chi connectivity index (χ2n) is 3.66. The lowest BCUT2D eigenvalue weighted by molar-refractivity contribution is -0.693. The molecule has 0 amide bonds. The van der Waals surface area contributed by atoms with Crippen LogP contribution in [0.2, 0.25) is 0 Å². The van der Waals surface area contributed by atoms with Crippen molar-refractivity contribution in [3.63, 3.8) is 0 Å². The Morgan fingerprint density at radius 2 is 1.00 bits per heavy atom. The number of aryl methyl sites for hydroxylation is 2. The predicted molar refractivity (Wildman–Crippen MR) is 70.0 cm³/mol. The topological polar surface area (TPSA) is 71.0 Å². The van der Waals surface area contributed by atoms with Crippen LogP contribution < -0.4 is 19.3 Å². The number of nitrogens with zero attached hydrogens (tertiary/aromatic N) is 2. The van der Waals surface area contributed by atoms with Gasteiger partial charge in [-0.2, -0.15) is 0 Å². The minimum atomic E-state index is -2.33. The molecule has 0 unspecified atom stereocenters. The van der Waals surface area contributed by atoms with E-state index in [2.05, 4.69) is 47.8 Å². The normalized spacial score (nSPS) is 8.50. The standard InChI is InChI=1S/2C7H10N.CH2O3/c2*1-2-8-6-4-3-5-7-8;2-1(3)4/h2*3-7H,2H2,1H3;(H2,2,3,4)/q2*+1;/p-2. The zero-order valence-corrected chi connectivity index (χ0v) is 11.8. The minimum absolute atomic E-state index is 1.06. The Balaban J connectivity index is 0.000000289. The first kappa shape index (κ1) is 17.6. The van der Waals surface area contributed by atoms with Gasteiger partial charge in [-0.05, 0) is 20.0 Å². The number of hydrogen-bond acceptors (Lipinski definition) is 3. The van der Waals surface area contributed by atoms with E-state index in [0.717, 1.165) is 13.1 Å². The average Bonchev–Trinajstić information content (AvgIpc) is 2.49. The highest BCUT2D eigenvalue weighted by atomic mass is 16.6. The lowest BCUT2D eigenvalue weighted by Crippen LogP contribution is -2.37. The Bertz CT molecular complexity index is 418. The number of carbonyl (C=O) groups excluding carboxylic acids is 1. The summed E-state index contributed by atoms with van der Waals surface area (Å²) in [4.78, 5) is 8.33. The first-order valence-electron chi connectivity index (χ1n) is 6.36. The fourth-order valence-corrected chi connectivity index (χ4v) is 1.29. The highest BCUT2D eigenvalue weighted by Gasteiger charge is 1.87. The molecule has 2 aromatic heterocycles. The quantitative estimate of drug-likeness (QED) is 0.697. The van der Waals surface area contributed by atoms with Crippen LogP contribution in [0.1, 0.15) is 13.8 Å². The fraction of sp³-hybridized carbons (Fsp3) is 0.267. The Morgan fingerprint density at radius 1 is 0.750 bits per heavy atom. The number of rotatable bonds is 2. The Kier molecular flexibility index (Phi) is 10.2. The predicted octanol–water partition coefficient (Wildman–Crippen LogP) is -0.459. The first-order chi connectivity index (χ1) is 9.60. The van der Waals surface area contributed by atoms with E-state index in [1.807, 2.05) is 36.4 Å². The van der Waals surface area contributed by atoms with Gasteiger partial charge in [0.2, 0.25) is 0 Å². The van der Waals surface area contributed by atoms with Crippen molar-refractivity contribution in [2.24, 2.45) is 0 Å². The van der Waals surface area contributed by atoms with Crippen LogP contribution in [0.25, 0.3) is 0 Å². The Hall–Kier alpha value is -2.43. The van der Waals surface area contributed by atoms with Crippen molar-refractivity contribution in [3.05, 3.63) is 61.2 Å². The van der Waals surface area contributed by atoms with Crippen LogP contribution >= 0.6 is 0 Å². The monoisotopic (exact) mass is 276 g/mol. The second-order valence-corrected chi connectivity index (χ2v) is 3.66. The van der Waals surface area contributed by atoms with Gasteiger partial charge in [0, 0.05) is 24.3 Å². The molecular weight excluding hydrogens is 256 g/mol. The summed E-state index contributed by atoms with van der Waals surface area (Å²) in [5.41, 5.74) is 0. The highest BCUT2D eigenvalue weighted by Crippen LogP contribution is 1.75. The molecule has 0 aliphatic heterocycles. The Labute approximate surface area is 119 Å². The van der Waals surface area contributed by atoms with Gasteiger partial charge < -0.3 is 15.0 Å². The molecule has 0 aliphatic rings. The third-order valence-electron chi connectivity index (χ3n) is 2.28. The fourth-order valence-electron chi connectivity index (χ4n) is 1.29. The van der Waals surface area contributed by atoms with Crippen LogP contribution in [0.4, 0.5) is 4.79 Å². The third-order valence-corrected chi connectivity index (χ3v) is 2.28. The smallest absolute Gasteiger partial charge is 0.168 e. The van der Waals surface area contributed by atoms with Gasteiger partial charge in [0.25, 0.3) is 0 Å². The summed E-state index contributed by atoms with van der Waals surface area (Å²) >= 11 is 0. The van der Waals surface area contributed by atoms with Crippen molar-refractivity contribution < 1.29 is 24.1 Å². The van der Waals surface area contributed by atoms with Crippen LogP contribution in [0.5, 0.6) is 0 Å². The molecule has 2 heterocycles. The van der Waals surface area contributed by atoms with Crippen LogP contribution in [0.15, 0.2) is 61.2 Å². The van der Waals surface area contributed by atoms with Gasteiger partial charge in [-0.15, -0.1) is 0 Å². The molecule has 0 saturated heterocycles. The molecule has 0 aliphatic carbocycles. The molecule has 0 bridgehead atoms. The number of aromatic nitrogens is 2. The maximum absolute atomic E-state index is 8.33. The molecule has 0 atom stereocenters. The molecule has 0 aromatic carbocycles. The van der Waals surface area contributed by atoms with Crippen LogP contribution in [-0.4, -0.2) is 6.16 Å². The first-order valence-corrected chi connectivity index (χ1v) is 6.36. The van der Waals surface area contributed by atoms with E-state index in [0.29, 0.717) is 0 Å². The molecule has 5 heteroatoms. The molecule has 20 heavy (non-hydrogen) atoms. The summed E-state index contributed by atoms with van der Waals surface area (Å²) in [5, 5.41) is 16.7. The number of carbonyl (C=O) groups is 1. The molecule has 108 valence electrons. The van der Waals surface area contributed by atoms with Crippen molar-refractivity contribution in [2.45, 2.75) is 26.9 Å². The SMILES string of the molecule is CC[n+]1ccccc1.CC[n+]1ccccc1.O=C([O-])[O-]. The average molecular weight is 276 g/mol. The molecule has 5 nitrogen and oxygen atoms in total. The van der Waals surface area contributed by atoms with Crippen molar-refractivity contribution in [2.75, 3.05) is 0 Å². The van der Waals surface area contributed by atoms with E-state index in [1.165, 1.54) is 0 Å². The molecule has 0 spiro atoms. The van der Waals surface area contributed by atoms with E-state index in [9.17, 15) is 0 Å². The van der Waals surface area contributed by atoms with E-state index in [-0.39, 0.29) is 0 Å². The van der Waals surface area contributed by atoms with Gasteiger partial charge in [0.05, 0.1) is 0 Å². The maximum atomic E-state index is 8.33. The lowest BCUT2D eigenvalue weighted by Gasteiger charge is -1.96. The zero-order valence-electron chi connectivity index (χ0n) is 11.8. The van der Waals surface area contributed by atoms with Crippen molar-refractivity contribution in [1.29, 1.82) is 0 Å². The maximum Gasteiger partial charge on any atom is 0.168 e. The van der Waals surface area contributed by atoms with Crippen molar-refractivity contribution in [3.8, 4) is 0 Å². The molecule has 0 radical (unpaired) electrons. The molecule has 2 rings (SSSR count).